The van der Waals surface area contributed by atoms with E-state index in [0.29, 0.717) is 11.1 Å². The second-order valence-electron chi connectivity index (χ2n) is 4.42. The molecule has 0 aliphatic carbocycles. The minimum Gasteiger partial charge on any atom is -0.318 e. The number of anilines is 1. The van der Waals surface area contributed by atoms with Gasteiger partial charge in [0.2, 0.25) is 0 Å². The van der Waals surface area contributed by atoms with E-state index in [1.54, 1.807) is 37.5 Å². The highest BCUT2D eigenvalue weighted by molar-refractivity contribution is 7.90. The first-order valence-electron chi connectivity index (χ1n) is 5.61. The molecule has 0 spiro atoms. The largest absolute Gasteiger partial charge is 0.318 e. The fourth-order valence-electron chi connectivity index (χ4n) is 1.64. The lowest BCUT2D eigenvalue weighted by atomic mass is 10.1. The van der Waals surface area contributed by atoms with E-state index in [-0.39, 0.29) is 5.56 Å². The molecule has 6 nitrogen and oxygen atoms in total. The van der Waals surface area contributed by atoms with Gasteiger partial charge in [-0.3, -0.25) is 9.52 Å². The summed E-state index contributed by atoms with van der Waals surface area (Å²) in [6, 6.07) is 6.69. The van der Waals surface area contributed by atoms with Gasteiger partial charge in [0.15, 0.2) is 0 Å². The predicted octanol–water partition coefficient (Wildman–Crippen LogP) is 0.757. The third-order valence-corrected chi connectivity index (χ3v) is 4.26. The molecular weight excluding hydrogens is 266 g/mol. The van der Waals surface area contributed by atoms with Crippen molar-refractivity contribution >= 4 is 26.7 Å². The number of hydrogen-bond donors (Lipinski definition) is 1. The maximum absolute atomic E-state index is 12.0. The first-order chi connectivity index (χ1) is 8.81. The zero-order valence-electron chi connectivity index (χ0n) is 10.9. The van der Waals surface area contributed by atoms with E-state index in [1.165, 1.54) is 18.7 Å². The van der Waals surface area contributed by atoms with Crippen LogP contribution in [-0.2, 0) is 17.3 Å². The molecule has 0 bridgehead atoms. The van der Waals surface area contributed by atoms with E-state index in [0.717, 1.165) is 9.69 Å². The zero-order valence-corrected chi connectivity index (χ0v) is 11.7. The Morgan fingerprint density at radius 3 is 2.53 bits per heavy atom. The predicted molar refractivity (Wildman–Crippen MR) is 75.4 cm³/mol. The van der Waals surface area contributed by atoms with Crippen LogP contribution in [0, 0.1) is 0 Å². The van der Waals surface area contributed by atoms with Crippen molar-refractivity contribution < 1.29 is 8.42 Å². The van der Waals surface area contributed by atoms with Gasteiger partial charge in [-0.05, 0) is 23.6 Å². The number of benzene rings is 1. The minimum atomic E-state index is -3.57. The van der Waals surface area contributed by atoms with E-state index >= 15 is 0 Å². The van der Waals surface area contributed by atoms with Crippen molar-refractivity contribution in [2.75, 3.05) is 18.8 Å². The van der Waals surface area contributed by atoms with Gasteiger partial charge in [-0.2, -0.15) is 12.7 Å². The van der Waals surface area contributed by atoms with Crippen molar-refractivity contribution in [3.8, 4) is 0 Å². The molecule has 1 aromatic carbocycles. The van der Waals surface area contributed by atoms with E-state index in [4.69, 9.17) is 0 Å². The van der Waals surface area contributed by atoms with Crippen LogP contribution in [0.5, 0.6) is 0 Å². The lowest BCUT2D eigenvalue weighted by molar-refractivity contribution is 0.527. The maximum Gasteiger partial charge on any atom is 0.301 e. The summed E-state index contributed by atoms with van der Waals surface area (Å²) in [5.74, 6) is 0. The van der Waals surface area contributed by atoms with Crippen molar-refractivity contribution in [2.45, 2.75) is 0 Å². The molecule has 2 rings (SSSR count). The zero-order chi connectivity index (χ0) is 14.2. The average Bonchev–Trinajstić information content (AvgIpc) is 2.34. The summed E-state index contributed by atoms with van der Waals surface area (Å²) in [4.78, 5) is 12.0. The molecule has 1 aromatic heterocycles. The highest BCUT2D eigenvalue weighted by Crippen LogP contribution is 2.17. The van der Waals surface area contributed by atoms with Crippen LogP contribution in [-0.4, -0.2) is 31.4 Å². The number of aryl methyl sites for hydroxylation is 1. The Morgan fingerprint density at radius 1 is 1.21 bits per heavy atom. The number of nitrogens with one attached hydrogen (secondary N) is 1. The Kier molecular flexibility index (Phi) is 3.34. The van der Waals surface area contributed by atoms with Crippen LogP contribution in [0.4, 0.5) is 5.69 Å². The number of aromatic nitrogens is 1. The number of hydrogen-bond acceptors (Lipinski definition) is 3. The van der Waals surface area contributed by atoms with Crippen LogP contribution >= 0.6 is 0 Å². The highest BCUT2D eigenvalue weighted by atomic mass is 32.2. The second kappa shape index (κ2) is 4.67. The molecular formula is C12H15N3O3S. The third kappa shape index (κ3) is 2.61. The SMILES string of the molecule is CN(C)S(=O)(=O)Nc1ccc2ccn(C)c(=O)c2c1. The molecule has 1 N–H and O–H groups in total. The van der Waals surface area contributed by atoms with E-state index in [9.17, 15) is 13.2 Å². The van der Waals surface area contributed by atoms with Gasteiger partial charge < -0.3 is 4.57 Å². The molecule has 0 amide bonds. The normalized spacial score (nSPS) is 12.0. The molecule has 0 fully saturated rings. The smallest absolute Gasteiger partial charge is 0.301 e. The standard InChI is InChI=1S/C12H15N3O3S/c1-14(2)19(17,18)13-10-5-4-9-6-7-15(3)12(16)11(9)8-10/h4-8,13H,1-3H3. The summed E-state index contributed by atoms with van der Waals surface area (Å²) >= 11 is 0. The highest BCUT2D eigenvalue weighted by Gasteiger charge is 2.13. The average molecular weight is 281 g/mol. The molecule has 102 valence electrons. The van der Waals surface area contributed by atoms with Crippen LogP contribution in [0.3, 0.4) is 0 Å². The fraction of sp³-hybridized carbons (Fsp3) is 0.250. The van der Waals surface area contributed by atoms with Crippen molar-refractivity contribution in [1.29, 1.82) is 0 Å². The van der Waals surface area contributed by atoms with Gasteiger partial charge >= 0.3 is 10.2 Å². The summed E-state index contributed by atoms with van der Waals surface area (Å²) in [5.41, 5.74) is 0.202. The van der Waals surface area contributed by atoms with Crippen LogP contribution in [0.2, 0.25) is 0 Å². The molecule has 2 aromatic rings. The van der Waals surface area contributed by atoms with Crippen LogP contribution in [0.25, 0.3) is 10.8 Å². The van der Waals surface area contributed by atoms with E-state index in [2.05, 4.69) is 4.72 Å². The van der Waals surface area contributed by atoms with Gasteiger partial charge in [-0.15, -0.1) is 0 Å². The second-order valence-corrected chi connectivity index (χ2v) is 6.31. The van der Waals surface area contributed by atoms with Crippen molar-refractivity contribution in [2.24, 2.45) is 7.05 Å². The number of pyridine rings is 1. The van der Waals surface area contributed by atoms with Crippen LogP contribution in [0.15, 0.2) is 35.3 Å². The monoisotopic (exact) mass is 281 g/mol. The van der Waals surface area contributed by atoms with E-state index in [1.807, 2.05) is 0 Å². The summed E-state index contributed by atoms with van der Waals surface area (Å²) in [5, 5.41) is 1.25. The molecule has 0 unspecified atom stereocenters. The Bertz CT molecular complexity index is 778. The maximum atomic E-state index is 12.0. The Labute approximate surface area is 111 Å². The first-order valence-corrected chi connectivity index (χ1v) is 7.05. The molecule has 7 heteroatoms. The quantitative estimate of drug-likeness (QED) is 0.902. The van der Waals surface area contributed by atoms with Gasteiger partial charge in [-0.25, -0.2) is 0 Å². The summed E-state index contributed by atoms with van der Waals surface area (Å²) in [6.45, 7) is 0. The van der Waals surface area contributed by atoms with E-state index < -0.39 is 10.2 Å². The third-order valence-electron chi connectivity index (χ3n) is 2.81. The van der Waals surface area contributed by atoms with Gasteiger partial charge in [-0.1, -0.05) is 6.07 Å². The van der Waals surface area contributed by atoms with Crippen molar-refractivity contribution in [1.82, 2.24) is 8.87 Å². The molecule has 19 heavy (non-hydrogen) atoms. The van der Waals surface area contributed by atoms with Gasteiger partial charge in [0.05, 0.1) is 5.69 Å². The summed E-state index contributed by atoms with van der Waals surface area (Å²) in [7, 11) is 0.949. The van der Waals surface area contributed by atoms with Crippen LogP contribution in [0.1, 0.15) is 0 Å². The number of fused-ring (bicyclic) bond motifs is 1. The minimum absolute atomic E-state index is 0.164. The van der Waals surface area contributed by atoms with Gasteiger partial charge in [0.1, 0.15) is 0 Å². The molecule has 0 aliphatic rings. The van der Waals surface area contributed by atoms with Crippen molar-refractivity contribution in [3.63, 3.8) is 0 Å². The van der Waals surface area contributed by atoms with Gasteiger partial charge in [0.25, 0.3) is 5.56 Å². The number of rotatable bonds is 3. The molecule has 0 saturated carbocycles. The summed E-state index contributed by atoms with van der Waals surface area (Å²) < 4.78 is 28.4. The summed E-state index contributed by atoms with van der Waals surface area (Å²) in [6.07, 6.45) is 1.67. The lowest BCUT2D eigenvalue weighted by Gasteiger charge is -2.13. The molecule has 0 atom stereocenters. The lowest BCUT2D eigenvalue weighted by Crippen LogP contribution is -2.29. The molecule has 1 heterocycles. The van der Waals surface area contributed by atoms with Crippen LogP contribution < -0.4 is 10.3 Å². The Balaban J connectivity index is 2.54. The van der Waals surface area contributed by atoms with Crippen molar-refractivity contribution in [3.05, 3.63) is 40.8 Å². The molecule has 0 aliphatic heterocycles. The fourth-order valence-corrected chi connectivity index (χ4v) is 2.25. The topological polar surface area (TPSA) is 71.4 Å². The van der Waals surface area contributed by atoms with Gasteiger partial charge in [0, 0.05) is 32.7 Å². The Morgan fingerprint density at radius 2 is 1.89 bits per heavy atom. The molecule has 0 radical (unpaired) electrons. The first kappa shape index (κ1) is 13.6. The number of nitrogens with zero attached hydrogens (tertiary/aromatic N) is 2. The Hall–Kier alpha value is -1.86. The molecule has 0 saturated heterocycles.